The normalized spacial score (nSPS) is 12.5. The second kappa shape index (κ2) is 14.9. The van der Waals surface area contributed by atoms with Crippen molar-refractivity contribution in [2.24, 2.45) is 0 Å². The number of hydrogen-bond donors (Lipinski definition) is 0. The number of aryl methyl sites for hydroxylation is 1. The van der Waals surface area contributed by atoms with E-state index in [2.05, 4.69) is 64.6 Å². The summed E-state index contributed by atoms with van der Waals surface area (Å²) in [6.45, 7) is 2.19. The molecule has 0 amide bonds. The van der Waals surface area contributed by atoms with Crippen molar-refractivity contribution in [3.8, 4) is 33.6 Å². The molecule has 7 rings (SSSR count). The molecule has 0 saturated heterocycles. The Morgan fingerprint density at radius 2 is 1.54 bits per heavy atom. The van der Waals surface area contributed by atoms with Crippen LogP contribution < -0.4 is 4.40 Å². The van der Waals surface area contributed by atoms with Crippen LogP contribution in [-0.4, -0.2) is 29.4 Å². The Morgan fingerprint density at radius 3 is 2.23 bits per heavy atom. The molecule has 48 heavy (non-hydrogen) atoms. The van der Waals surface area contributed by atoms with Gasteiger partial charge in [-0.1, -0.05) is 60.0 Å². The average Bonchev–Trinajstić information content (AvgIpc) is 3.47. The van der Waals surface area contributed by atoms with Gasteiger partial charge in [0.05, 0.1) is 6.37 Å². The molecule has 0 bridgehead atoms. The number of fused-ring (bicyclic) bond motifs is 3. The summed E-state index contributed by atoms with van der Waals surface area (Å²) in [5, 5.41) is 2.01. The largest absolute Gasteiger partial charge is 0.393 e. The van der Waals surface area contributed by atoms with Crippen molar-refractivity contribution in [3.05, 3.63) is 139 Å². The summed E-state index contributed by atoms with van der Waals surface area (Å²) in [4.78, 5) is 8.84. The molecule has 0 aliphatic heterocycles. The third kappa shape index (κ3) is 8.15. The van der Waals surface area contributed by atoms with Crippen LogP contribution in [0.25, 0.3) is 53.8 Å². The van der Waals surface area contributed by atoms with Gasteiger partial charge in [-0.3, -0.25) is 0 Å². The molecule has 0 fully saturated rings. The van der Waals surface area contributed by atoms with E-state index in [0.29, 0.717) is 5.56 Å². The summed E-state index contributed by atoms with van der Waals surface area (Å²) < 4.78 is 58.3. The van der Waals surface area contributed by atoms with E-state index < -0.39 is 31.4 Å². The van der Waals surface area contributed by atoms with Crippen LogP contribution in [0, 0.1) is 19.1 Å². The van der Waals surface area contributed by atoms with E-state index >= 15 is 0 Å². The first-order valence-corrected chi connectivity index (χ1v) is 23.3. The minimum atomic E-state index is -5.02. The number of halogens is 3. The van der Waals surface area contributed by atoms with Gasteiger partial charge in [0.2, 0.25) is 0 Å². The van der Waals surface area contributed by atoms with Gasteiger partial charge in [0, 0.05) is 33.7 Å². The van der Waals surface area contributed by atoms with Crippen molar-refractivity contribution in [2.75, 3.05) is 0 Å². The number of pyridine rings is 2. The first-order chi connectivity index (χ1) is 23.3. The van der Waals surface area contributed by atoms with Gasteiger partial charge >= 0.3 is 112 Å². The van der Waals surface area contributed by atoms with E-state index in [4.69, 9.17) is 2.74 Å². The standard InChI is InChI=1S/C25H15F3NS.C15H18GeN.Ir/c26-25(27,28)15-16-12-13-29-22(14-16)21-11-5-10-20-19-9-4-8-18(23(19)30-24(20)21)17-6-2-1-3-7-17;1-12-10-15(13-8-6-5-7-9-13)17-11-14(12)16(2,3)4;/h1-10,12-14H,15H2;5-8,10-11H,1-4H3;/q2*-1;/i15D2;;. The maximum Gasteiger partial charge on any atom is 0.393 e. The Morgan fingerprint density at radius 1 is 0.792 bits per heavy atom. The van der Waals surface area contributed by atoms with E-state index in [1.165, 1.54) is 33.6 Å². The van der Waals surface area contributed by atoms with Crippen molar-refractivity contribution in [1.29, 1.82) is 0 Å². The molecule has 0 aliphatic rings. The SMILES string of the molecule is Cc1cc(-c2[c-]cccc2)nc[c]1[Ge]([CH3])([CH3])[CH3].[2H]C([2H])(c1ccnc(-c2[c-]ccc3c2sc2c(-c4ccccc4)cccc23)c1)C(F)(F)F.[Ir]. The number of benzene rings is 4. The van der Waals surface area contributed by atoms with Gasteiger partial charge < -0.3 is 4.98 Å². The van der Waals surface area contributed by atoms with Crippen molar-refractivity contribution in [3.63, 3.8) is 0 Å². The number of alkyl halides is 3. The fourth-order valence-electron chi connectivity index (χ4n) is 5.65. The zero-order valence-corrected chi connectivity index (χ0v) is 32.0. The monoisotopic (exact) mass is 899 g/mol. The third-order valence-corrected chi connectivity index (χ3v) is 13.5. The molecule has 2 nitrogen and oxygen atoms in total. The van der Waals surface area contributed by atoms with E-state index in [0.717, 1.165) is 48.6 Å². The number of nitrogens with zero attached hydrogens (tertiary/aromatic N) is 2. The molecule has 0 saturated carbocycles. The summed E-state index contributed by atoms with van der Waals surface area (Å²) in [7, 11) is 0. The zero-order chi connectivity index (χ0) is 35.0. The van der Waals surface area contributed by atoms with Crippen molar-refractivity contribution < 1.29 is 36.0 Å². The Bertz CT molecular complexity index is 2250. The summed E-state index contributed by atoms with van der Waals surface area (Å²) in [5.41, 5.74) is 5.96. The summed E-state index contributed by atoms with van der Waals surface area (Å²) in [6, 6.07) is 38.5. The second-order valence-corrected chi connectivity index (χ2v) is 23.8. The van der Waals surface area contributed by atoms with Crippen LogP contribution in [-0.2, 0) is 26.5 Å². The predicted octanol–water partition coefficient (Wildman–Crippen LogP) is 11.1. The van der Waals surface area contributed by atoms with Crippen LogP contribution in [0.5, 0.6) is 0 Å². The van der Waals surface area contributed by atoms with Gasteiger partial charge in [-0.25, -0.2) is 0 Å². The minimum Gasteiger partial charge on any atom is -0.305 e. The van der Waals surface area contributed by atoms with Gasteiger partial charge in [0.1, 0.15) is 0 Å². The quantitative estimate of drug-likeness (QED) is 0.127. The molecule has 0 unspecified atom stereocenters. The maximum atomic E-state index is 13.3. The minimum absolute atomic E-state index is 0. The summed E-state index contributed by atoms with van der Waals surface area (Å²) in [6.07, 6.45) is -5.21. The molecule has 3 heterocycles. The molecule has 245 valence electrons. The maximum absolute atomic E-state index is 13.3. The van der Waals surface area contributed by atoms with E-state index in [1.807, 2.05) is 72.8 Å². The molecule has 4 aromatic carbocycles. The van der Waals surface area contributed by atoms with Gasteiger partial charge in [0.25, 0.3) is 0 Å². The van der Waals surface area contributed by atoms with Gasteiger partial charge in [-0.15, -0.1) is 23.8 Å². The van der Waals surface area contributed by atoms with Crippen LogP contribution >= 0.6 is 11.3 Å². The molecule has 3 aromatic heterocycles. The van der Waals surface area contributed by atoms with Crippen LogP contribution in [0.2, 0.25) is 17.3 Å². The van der Waals surface area contributed by atoms with Crippen molar-refractivity contribution in [1.82, 2.24) is 9.97 Å². The van der Waals surface area contributed by atoms with Gasteiger partial charge in [-0.05, 0) is 38.5 Å². The molecule has 0 N–H and O–H groups in total. The number of rotatable bonds is 5. The van der Waals surface area contributed by atoms with E-state index in [1.54, 1.807) is 6.07 Å². The molecule has 0 spiro atoms. The average molecular weight is 898 g/mol. The topological polar surface area (TPSA) is 25.8 Å². The number of thiophene rings is 1. The molecular weight excluding hydrogens is 862 g/mol. The fourth-order valence-corrected chi connectivity index (χ4v) is 10.6. The smallest absolute Gasteiger partial charge is 0.305 e. The first-order valence-electron chi connectivity index (χ1n) is 16.1. The van der Waals surface area contributed by atoms with Crippen LogP contribution in [0.3, 0.4) is 0 Å². The Labute approximate surface area is 302 Å². The molecular formula is C40H33F3GeIrN2S-2. The van der Waals surface area contributed by atoms with E-state index in [9.17, 15) is 13.2 Å². The zero-order valence-electron chi connectivity index (χ0n) is 28.7. The van der Waals surface area contributed by atoms with Crippen molar-refractivity contribution >= 4 is 49.2 Å². The van der Waals surface area contributed by atoms with Gasteiger partial charge in [-0.2, -0.15) is 24.5 Å². The second-order valence-electron chi connectivity index (χ2n) is 12.2. The molecule has 0 aliphatic carbocycles. The van der Waals surface area contributed by atoms with Gasteiger partial charge in [0.15, 0.2) is 0 Å². The van der Waals surface area contributed by atoms with E-state index in [-0.39, 0.29) is 25.8 Å². The fraction of sp³-hybridized carbons (Fsp3) is 0.150. The number of hydrogen-bond acceptors (Lipinski definition) is 3. The molecule has 1 radical (unpaired) electrons. The number of aromatic nitrogens is 2. The molecule has 8 heteroatoms. The van der Waals surface area contributed by atoms with Crippen LogP contribution in [0.4, 0.5) is 13.2 Å². The summed E-state index contributed by atoms with van der Waals surface area (Å²) >= 11 is -0.236. The van der Waals surface area contributed by atoms with Crippen molar-refractivity contribution in [2.45, 2.75) is 36.7 Å². The first kappa shape index (κ1) is 32.9. The summed E-state index contributed by atoms with van der Waals surface area (Å²) in [5.74, 6) is 7.20. The Hall–Kier alpha value is -3.62. The van der Waals surface area contributed by atoms with Crippen LogP contribution in [0.1, 0.15) is 13.9 Å². The molecule has 0 atom stereocenters. The Kier molecular flexibility index (Phi) is 10.2. The van der Waals surface area contributed by atoms with Crippen LogP contribution in [0.15, 0.2) is 116 Å². The Balaban J connectivity index is 0.000000229. The predicted molar refractivity (Wildman–Crippen MR) is 193 cm³/mol. The third-order valence-electron chi connectivity index (χ3n) is 7.75. The molecule has 7 aromatic rings.